The first kappa shape index (κ1) is 16.9. The Hall–Kier alpha value is -7.42. The van der Waals surface area contributed by atoms with Crippen molar-refractivity contribution in [2.75, 3.05) is 4.90 Å². The van der Waals surface area contributed by atoms with Gasteiger partial charge in [0, 0.05) is 38.7 Å². The summed E-state index contributed by atoms with van der Waals surface area (Å²) in [5.41, 5.74) is -2.69. The van der Waals surface area contributed by atoms with Crippen molar-refractivity contribution in [1.29, 1.82) is 0 Å². The Morgan fingerprint density at radius 2 is 0.875 bits per heavy atom. The molecule has 0 aliphatic carbocycles. The minimum atomic E-state index is -0.936. The molecule has 11 aromatic rings. The van der Waals surface area contributed by atoms with E-state index in [-0.39, 0.29) is 11.3 Å². The van der Waals surface area contributed by atoms with Crippen LogP contribution in [0.25, 0.3) is 87.6 Å². The summed E-state index contributed by atoms with van der Waals surface area (Å²) < 4.78 is 206. The molecular weight excluding hydrogens is 679 g/mol. The van der Waals surface area contributed by atoms with Gasteiger partial charge in [0.05, 0.1) is 35.8 Å². The molecule has 56 heavy (non-hydrogen) atoms. The number of hydrogen-bond donors (Lipinski definition) is 0. The number of benzene rings is 10. The zero-order valence-corrected chi connectivity index (χ0v) is 28.9. The van der Waals surface area contributed by atoms with Crippen molar-refractivity contribution < 1.29 is 34.6 Å². The van der Waals surface area contributed by atoms with E-state index >= 15 is 0 Å². The topological polar surface area (TPSA) is 16.4 Å². The maximum atomic E-state index is 9.77. The number of hydrogen-bond acceptors (Lipinski definition) is 2. The number of para-hydroxylation sites is 2. The number of nitrogens with zero attached hydrogens (tertiary/aromatic N) is 1. The van der Waals surface area contributed by atoms with E-state index in [1.165, 1.54) is 12.1 Å². The lowest BCUT2D eigenvalue weighted by atomic mass is 9.98. The molecule has 2 nitrogen and oxygen atoms in total. The fraction of sp³-hybridized carbons (Fsp3) is 0. The molecule has 0 atom stereocenters. The predicted molar refractivity (Wildman–Crippen MR) is 237 cm³/mol. The largest absolute Gasteiger partial charge is 0.455 e. The monoisotopic (exact) mass is 735 g/mol. The van der Waals surface area contributed by atoms with Crippen LogP contribution in [-0.2, 0) is 0 Å². The molecule has 0 aliphatic heterocycles. The van der Waals surface area contributed by atoms with Gasteiger partial charge >= 0.3 is 0 Å². The van der Waals surface area contributed by atoms with Crippen LogP contribution in [-0.4, -0.2) is 0 Å². The Morgan fingerprint density at radius 3 is 1.54 bits per heavy atom. The van der Waals surface area contributed by atoms with Crippen LogP contribution >= 0.6 is 0 Å². The molecule has 262 valence electrons. The predicted octanol–water partition coefficient (Wildman–Crippen LogP) is 15.5. The lowest BCUT2D eigenvalue weighted by molar-refractivity contribution is 0.674. The van der Waals surface area contributed by atoms with Crippen molar-refractivity contribution in [1.82, 2.24) is 0 Å². The summed E-state index contributed by atoms with van der Waals surface area (Å²) in [6.07, 6.45) is 0. The van der Waals surface area contributed by atoms with Crippen molar-refractivity contribution in [3.63, 3.8) is 0 Å². The van der Waals surface area contributed by atoms with Gasteiger partial charge in [-0.25, -0.2) is 0 Å². The average Bonchev–Trinajstić information content (AvgIpc) is 3.95. The number of anilines is 3. The third kappa shape index (κ3) is 5.42. The summed E-state index contributed by atoms with van der Waals surface area (Å²) >= 11 is 0. The molecule has 0 radical (unpaired) electrons. The van der Waals surface area contributed by atoms with Crippen molar-refractivity contribution >= 4 is 71.3 Å². The smallest absolute Gasteiger partial charge is 0.143 e. The van der Waals surface area contributed by atoms with Gasteiger partial charge in [-0.3, -0.25) is 0 Å². The SMILES string of the molecule is [2H]c1c([2H])c(N(c2ccccc2-c2cccc3c2oc2c4ccccc4ccc32)c2c([2H])c([2H])c(-c3c([2H])c([2H])c4c([2H])c([2H])c([2H])c([2H])c4c3[2H])c([2H])c2[2H])c([2H])c([2H])c1-c1c([2H])c([2H])c2c([2H])c([2H])c([2H])c([2H])c2c1[2H]. The summed E-state index contributed by atoms with van der Waals surface area (Å²) in [6.45, 7) is 0. The fourth-order valence-electron chi connectivity index (χ4n) is 6.89. The summed E-state index contributed by atoms with van der Waals surface area (Å²) in [6, 6.07) is 4.73. The molecule has 0 saturated carbocycles. The Bertz CT molecular complexity index is 4310. The summed E-state index contributed by atoms with van der Waals surface area (Å²) in [5, 5.41) is 1.12. The molecule has 0 N–H and O–H groups in total. The van der Waals surface area contributed by atoms with E-state index in [2.05, 4.69) is 0 Å². The van der Waals surface area contributed by atoms with Crippen LogP contribution in [0.15, 0.2) is 216 Å². The fourth-order valence-corrected chi connectivity index (χ4v) is 6.89. The molecule has 0 aliphatic rings. The number of rotatable bonds is 6. The van der Waals surface area contributed by atoms with E-state index in [9.17, 15) is 13.7 Å². The molecule has 0 saturated heterocycles. The Kier molecular flexibility index (Phi) is 3.98. The van der Waals surface area contributed by atoms with Gasteiger partial charge in [0.2, 0.25) is 0 Å². The summed E-state index contributed by atoms with van der Waals surface area (Å²) in [4.78, 5) is 0.979. The lowest BCUT2D eigenvalue weighted by Gasteiger charge is -2.28. The maximum absolute atomic E-state index is 9.77. The van der Waals surface area contributed by atoms with Gasteiger partial charge in [0.25, 0.3) is 0 Å². The van der Waals surface area contributed by atoms with Crippen molar-refractivity contribution in [2.45, 2.75) is 0 Å². The molecule has 0 spiro atoms. The first-order valence-electron chi connectivity index (χ1n) is 28.4. The van der Waals surface area contributed by atoms with E-state index in [1.54, 1.807) is 24.3 Å². The van der Waals surface area contributed by atoms with Gasteiger partial charge in [-0.05, 0) is 97.6 Å². The molecule has 1 heterocycles. The van der Waals surface area contributed by atoms with Crippen LogP contribution in [0.1, 0.15) is 30.2 Å². The van der Waals surface area contributed by atoms with E-state index < -0.39 is 188 Å². The van der Waals surface area contributed by atoms with Crippen LogP contribution < -0.4 is 4.90 Å². The Labute approximate surface area is 356 Å². The third-order valence-electron chi connectivity index (χ3n) is 9.49. The van der Waals surface area contributed by atoms with Crippen LogP contribution in [0, 0.1) is 0 Å². The Balaban J connectivity index is 1.24. The number of furan rings is 1. The van der Waals surface area contributed by atoms with E-state index in [0.29, 0.717) is 22.1 Å². The summed E-state index contributed by atoms with van der Waals surface area (Å²) in [7, 11) is 0. The standard InChI is InChI=1S/C54H35NO/c1-3-13-41-34-43(22-20-36(41)10-1)38-24-29-45(30-25-38)55(46-31-26-39(27-32-46)44-23-21-37-11-2-4-14-42(37)35-44)52-19-8-7-16-48(52)49-17-9-18-50-51-33-28-40-12-5-6-15-47(40)53(51)56-54(49)50/h1-35H/i1D,2D,3D,4D,10D,11D,13D,14D,20D,21D,22D,23D,24D,25D,26D,27D,29D,30D,31D,32D,34D,35D. The van der Waals surface area contributed by atoms with Crippen LogP contribution in [0.2, 0.25) is 0 Å². The highest BCUT2D eigenvalue weighted by Gasteiger charge is 2.21. The molecule has 0 unspecified atom stereocenters. The highest BCUT2D eigenvalue weighted by Crippen LogP contribution is 2.45. The molecule has 0 fully saturated rings. The molecule has 10 aromatic carbocycles. The van der Waals surface area contributed by atoms with Gasteiger partial charge in [-0.2, -0.15) is 0 Å². The van der Waals surface area contributed by atoms with Crippen LogP contribution in [0.3, 0.4) is 0 Å². The second-order valence-electron chi connectivity index (χ2n) is 12.7. The minimum absolute atomic E-state index is 0.0626. The molecular formula is C54H35NO. The highest BCUT2D eigenvalue weighted by atomic mass is 16.3. The van der Waals surface area contributed by atoms with Gasteiger partial charge in [-0.1, -0.05) is 163 Å². The second-order valence-corrected chi connectivity index (χ2v) is 12.7. The minimum Gasteiger partial charge on any atom is -0.455 e. The summed E-state index contributed by atoms with van der Waals surface area (Å²) in [5.74, 6) is 0. The molecule has 0 amide bonds. The van der Waals surface area contributed by atoms with Gasteiger partial charge < -0.3 is 9.32 Å². The average molecular weight is 736 g/mol. The Morgan fingerprint density at radius 1 is 0.357 bits per heavy atom. The van der Waals surface area contributed by atoms with Gasteiger partial charge in [0.1, 0.15) is 11.2 Å². The lowest BCUT2D eigenvalue weighted by Crippen LogP contribution is -2.11. The van der Waals surface area contributed by atoms with E-state index in [4.69, 9.17) is 20.9 Å². The zero-order valence-electron chi connectivity index (χ0n) is 50.9. The molecule has 2 heteroatoms. The van der Waals surface area contributed by atoms with Crippen molar-refractivity contribution in [2.24, 2.45) is 0 Å². The molecule has 0 bridgehead atoms. The first-order chi connectivity index (χ1) is 37.0. The van der Waals surface area contributed by atoms with Crippen LogP contribution in [0.4, 0.5) is 17.1 Å². The molecule has 1 aromatic heterocycles. The highest BCUT2D eigenvalue weighted by molar-refractivity contribution is 6.17. The van der Waals surface area contributed by atoms with E-state index in [1.807, 2.05) is 42.5 Å². The number of fused-ring (bicyclic) bond motifs is 7. The van der Waals surface area contributed by atoms with E-state index in [0.717, 1.165) is 21.1 Å². The molecule has 11 rings (SSSR count). The van der Waals surface area contributed by atoms with Gasteiger partial charge in [-0.15, -0.1) is 0 Å². The third-order valence-corrected chi connectivity index (χ3v) is 9.49. The zero-order chi connectivity index (χ0) is 56.1. The van der Waals surface area contributed by atoms with Crippen molar-refractivity contribution in [3.05, 3.63) is 212 Å². The quantitative estimate of drug-likeness (QED) is 0.169. The van der Waals surface area contributed by atoms with Crippen LogP contribution in [0.5, 0.6) is 0 Å². The van der Waals surface area contributed by atoms with Gasteiger partial charge in [0.15, 0.2) is 0 Å². The maximum Gasteiger partial charge on any atom is 0.143 e. The normalized spacial score (nSPS) is 17.1. The second kappa shape index (κ2) is 13.2. The first-order valence-corrected chi connectivity index (χ1v) is 17.4. The van der Waals surface area contributed by atoms with Crippen molar-refractivity contribution in [3.8, 4) is 33.4 Å².